The van der Waals surface area contributed by atoms with Crippen LogP contribution in [0.25, 0.3) is 0 Å². The van der Waals surface area contributed by atoms with Crippen LogP contribution in [0.4, 0.5) is 0 Å². The second-order valence-electron chi connectivity index (χ2n) is 4.80. The van der Waals surface area contributed by atoms with Gasteiger partial charge in [-0.05, 0) is 30.9 Å². The lowest BCUT2D eigenvalue weighted by Crippen LogP contribution is -2.38. The van der Waals surface area contributed by atoms with Crippen molar-refractivity contribution in [1.29, 1.82) is 0 Å². The van der Waals surface area contributed by atoms with Crippen LogP contribution in [0.15, 0.2) is 12.1 Å². The third-order valence-corrected chi connectivity index (χ3v) is 3.64. The zero-order chi connectivity index (χ0) is 13.8. The van der Waals surface area contributed by atoms with Crippen LogP contribution < -0.4 is 14.8 Å². The number of nitrogens with one attached hydrogen (secondary N) is 1. The largest absolute Gasteiger partial charge is 0.493 e. The van der Waals surface area contributed by atoms with E-state index >= 15 is 0 Å². The van der Waals surface area contributed by atoms with Gasteiger partial charge in [-0.15, -0.1) is 0 Å². The minimum atomic E-state index is 0.119. The van der Waals surface area contributed by atoms with Crippen LogP contribution in [-0.4, -0.2) is 26.2 Å². The number of hydrogen-bond acceptors (Lipinski definition) is 3. The van der Waals surface area contributed by atoms with Crippen LogP contribution in [0.3, 0.4) is 0 Å². The second kappa shape index (κ2) is 5.95. The highest BCUT2D eigenvalue weighted by Gasteiger charge is 2.24. The highest BCUT2D eigenvalue weighted by atomic mass is 16.5. The highest BCUT2D eigenvalue weighted by Crippen LogP contribution is 2.37. The molecule has 0 aromatic heterocycles. The zero-order valence-electron chi connectivity index (χ0n) is 11.8. The predicted octanol–water partition coefficient (Wildman–Crippen LogP) is 2.09. The molecule has 2 rings (SSSR count). The molecule has 0 radical (unpaired) electrons. The molecular weight excluding hydrogens is 242 g/mol. The lowest BCUT2D eigenvalue weighted by molar-refractivity contribution is -0.121. The SMILES string of the molecule is CCC(=O)N[C@H]1CCc2c(ccc(OC)c2OC)C1. The first kappa shape index (κ1) is 13.7. The minimum absolute atomic E-state index is 0.119. The number of methoxy groups -OCH3 is 2. The van der Waals surface area contributed by atoms with E-state index in [1.165, 1.54) is 11.1 Å². The van der Waals surface area contributed by atoms with E-state index < -0.39 is 0 Å². The van der Waals surface area contributed by atoms with Gasteiger partial charge in [-0.1, -0.05) is 13.0 Å². The first-order valence-electron chi connectivity index (χ1n) is 6.71. The van der Waals surface area contributed by atoms with Gasteiger partial charge in [0.25, 0.3) is 0 Å². The maximum Gasteiger partial charge on any atom is 0.219 e. The van der Waals surface area contributed by atoms with Gasteiger partial charge in [0.1, 0.15) is 0 Å². The number of hydrogen-bond donors (Lipinski definition) is 1. The number of carbonyl (C=O) groups is 1. The van der Waals surface area contributed by atoms with E-state index in [0.29, 0.717) is 6.42 Å². The lowest BCUT2D eigenvalue weighted by atomic mass is 9.87. The van der Waals surface area contributed by atoms with Crippen molar-refractivity contribution in [2.75, 3.05) is 14.2 Å². The molecule has 4 nitrogen and oxygen atoms in total. The summed E-state index contributed by atoms with van der Waals surface area (Å²) >= 11 is 0. The van der Waals surface area contributed by atoms with Crippen LogP contribution in [0, 0.1) is 0 Å². The van der Waals surface area contributed by atoms with E-state index in [-0.39, 0.29) is 11.9 Å². The summed E-state index contributed by atoms with van der Waals surface area (Å²) in [5.74, 6) is 1.73. The summed E-state index contributed by atoms with van der Waals surface area (Å²) in [4.78, 5) is 11.5. The van der Waals surface area contributed by atoms with Gasteiger partial charge in [-0.2, -0.15) is 0 Å². The molecule has 1 atom stereocenters. The molecule has 4 heteroatoms. The molecule has 0 heterocycles. The molecule has 0 bridgehead atoms. The smallest absolute Gasteiger partial charge is 0.219 e. The Bertz CT molecular complexity index is 471. The van der Waals surface area contributed by atoms with Crippen molar-refractivity contribution in [2.45, 2.75) is 38.6 Å². The van der Waals surface area contributed by atoms with Gasteiger partial charge < -0.3 is 14.8 Å². The second-order valence-corrected chi connectivity index (χ2v) is 4.80. The van der Waals surface area contributed by atoms with Crippen LogP contribution in [-0.2, 0) is 17.6 Å². The number of ether oxygens (including phenoxy) is 2. The molecule has 0 fully saturated rings. The summed E-state index contributed by atoms with van der Waals surface area (Å²) < 4.78 is 10.8. The molecule has 1 aromatic rings. The molecule has 1 N–H and O–H groups in total. The lowest BCUT2D eigenvalue weighted by Gasteiger charge is -2.27. The quantitative estimate of drug-likeness (QED) is 0.905. The predicted molar refractivity (Wildman–Crippen MR) is 73.8 cm³/mol. The van der Waals surface area contributed by atoms with Crippen molar-refractivity contribution in [1.82, 2.24) is 5.32 Å². The van der Waals surface area contributed by atoms with Crippen LogP contribution in [0.2, 0.25) is 0 Å². The zero-order valence-corrected chi connectivity index (χ0v) is 11.8. The maximum atomic E-state index is 11.5. The normalized spacial score (nSPS) is 17.5. The monoisotopic (exact) mass is 263 g/mol. The molecule has 1 aliphatic carbocycles. The molecule has 1 aliphatic rings. The van der Waals surface area contributed by atoms with Crippen molar-refractivity contribution in [3.05, 3.63) is 23.3 Å². The Morgan fingerprint density at radius 1 is 1.37 bits per heavy atom. The molecule has 0 saturated carbocycles. The van der Waals surface area contributed by atoms with Crippen molar-refractivity contribution >= 4 is 5.91 Å². The molecule has 0 aliphatic heterocycles. The van der Waals surface area contributed by atoms with Crippen LogP contribution >= 0.6 is 0 Å². The fraction of sp³-hybridized carbons (Fsp3) is 0.533. The maximum absolute atomic E-state index is 11.5. The summed E-state index contributed by atoms with van der Waals surface area (Å²) in [5, 5.41) is 3.06. The number of rotatable bonds is 4. The van der Waals surface area contributed by atoms with E-state index in [2.05, 4.69) is 11.4 Å². The molecule has 1 aromatic carbocycles. The molecule has 19 heavy (non-hydrogen) atoms. The molecule has 0 saturated heterocycles. The van der Waals surface area contributed by atoms with Gasteiger partial charge in [-0.25, -0.2) is 0 Å². The summed E-state index contributed by atoms with van der Waals surface area (Å²) in [5.41, 5.74) is 2.45. The number of carbonyl (C=O) groups excluding carboxylic acids is 1. The van der Waals surface area contributed by atoms with E-state index in [9.17, 15) is 4.79 Å². The molecule has 104 valence electrons. The van der Waals surface area contributed by atoms with Crippen LogP contribution in [0.5, 0.6) is 11.5 Å². The van der Waals surface area contributed by atoms with Gasteiger partial charge in [0.05, 0.1) is 14.2 Å². The Morgan fingerprint density at radius 2 is 2.16 bits per heavy atom. The summed E-state index contributed by atoms with van der Waals surface area (Å²) in [6.07, 6.45) is 3.25. The molecule has 0 spiro atoms. The Labute approximate surface area is 114 Å². The summed E-state index contributed by atoms with van der Waals surface area (Å²) in [6.45, 7) is 1.87. The third kappa shape index (κ3) is 2.83. The standard InChI is InChI=1S/C15H21NO3/c1-4-14(17)16-11-6-7-12-10(9-11)5-8-13(18-2)15(12)19-3/h5,8,11H,4,6-7,9H2,1-3H3,(H,16,17)/t11-/m0/s1. The van der Waals surface area contributed by atoms with Crippen molar-refractivity contribution in [2.24, 2.45) is 0 Å². The van der Waals surface area contributed by atoms with Gasteiger partial charge in [-0.3, -0.25) is 4.79 Å². The van der Waals surface area contributed by atoms with Crippen molar-refractivity contribution in [3.63, 3.8) is 0 Å². The fourth-order valence-corrected chi connectivity index (χ4v) is 2.64. The van der Waals surface area contributed by atoms with E-state index in [1.54, 1.807) is 14.2 Å². The topological polar surface area (TPSA) is 47.6 Å². The van der Waals surface area contributed by atoms with Gasteiger partial charge in [0.15, 0.2) is 11.5 Å². The van der Waals surface area contributed by atoms with Gasteiger partial charge >= 0.3 is 0 Å². The molecule has 1 amide bonds. The fourth-order valence-electron chi connectivity index (χ4n) is 2.64. The first-order valence-corrected chi connectivity index (χ1v) is 6.71. The Balaban J connectivity index is 2.20. The Hall–Kier alpha value is -1.71. The Kier molecular flexibility index (Phi) is 4.30. The van der Waals surface area contributed by atoms with E-state index in [0.717, 1.165) is 30.8 Å². The third-order valence-electron chi connectivity index (χ3n) is 3.64. The van der Waals surface area contributed by atoms with Crippen molar-refractivity contribution < 1.29 is 14.3 Å². The Morgan fingerprint density at radius 3 is 2.79 bits per heavy atom. The molecular formula is C15H21NO3. The van der Waals surface area contributed by atoms with E-state index in [4.69, 9.17) is 9.47 Å². The van der Waals surface area contributed by atoms with Gasteiger partial charge in [0.2, 0.25) is 5.91 Å². The number of amides is 1. The average molecular weight is 263 g/mol. The number of fused-ring (bicyclic) bond motifs is 1. The van der Waals surface area contributed by atoms with Crippen molar-refractivity contribution in [3.8, 4) is 11.5 Å². The highest BCUT2D eigenvalue weighted by molar-refractivity contribution is 5.76. The first-order chi connectivity index (χ1) is 9.19. The average Bonchev–Trinajstić information content (AvgIpc) is 2.45. The minimum Gasteiger partial charge on any atom is -0.493 e. The van der Waals surface area contributed by atoms with E-state index in [1.807, 2.05) is 13.0 Å². The number of benzene rings is 1. The van der Waals surface area contributed by atoms with Crippen LogP contribution in [0.1, 0.15) is 30.9 Å². The molecule has 0 unspecified atom stereocenters. The van der Waals surface area contributed by atoms with Gasteiger partial charge in [0, 0.05) is 18.0 Å². The summed E-state index contributed by atoms with van der Waals surface area (Å²) in [6, 6.07) is 4.24. The summed E-state index contributed by atoms with van der Waals surface area (Å²) in [7, 11) is 3.32.